The molecular weight excluding hydrogens is 466 g/mol. The smallest absolute Gasteiger partial charge is 0.311 e. The van der Waals surface area contributed by atoms with Gasteiger partial charge in [0.15, 0.2) is 11.5 Å². The molecule has 2 N–H and O–H groups in total. The molecule has 3 atom stereocenters. The van der Waals surface area contributed by atoms with Crippen molar-refractivity contribution in [2.75, 3.05) is 12.1 Å². The molecule has 1 fully saturated rings. The number of amides is 1. The van der Waals surface area contributed by atoms with Crippen LogP contribution in [-0.4, -0.2) is 40.9 Å². The zero-order valence-electron chi connectivity index (χ0n) is 18.7. The lowest BCUT2D eigenvalue weighted by Gasteiger charge is -2.25. The number of anilines is 1. The molecular formula is C27H19NO8. The largest absolute Gasteiger partial charge is 0.481 e. The van der Waals surface area contributed by atoms with Gasteiger partial charge in [-0.2, -0.15) is 0 Å². The number of hydrogen-bond donors (Lipinski definition) is 2. The summed E-state index contributed by atoms with van der Waals surface area (Å²) in [5.74, 6) is -5.90. The summed E-state index contributed by atoms with van der Waals surface area (Å²) >= 11 is 0. The Labute approximate surface area is 204 Å². The normalized spacial score (nSPS) is 23.1. The second-order valence-corrected chi connectivity index (χ2v) is 8.79. The Morgan fingerprint density at radius 3 is 2.17 bits per heavy atom. The number of nitrogens with one attached hydrogen (secondary N) is 1. The molecule has 9 heteroatoms. The number of carbonyl (C=O) groups is 4. The quantitative estimate of drug-likeness (QED) is 0.539. The fraction of sp³-hybridized carbons (Fsp3) is 0.185. The molecule has 0 unspecified atom stereocenters. The molecule has 9 nitrogen and oxygen atoms in total. The van der Waals surface area contributed by atoms with Crippen LogP contribution in [0.4, 0.5) is 5.69 Å². The third kappa shape index (κ3) is 3.06. The van der Waals surface area contributed by atoms with Crippen molar-refractivity contribution in [2.45, 2.75) is 11.7 Å². The highest BCUT2D eigenvalue weighted by Gasteiger charge is 2.71. The van der Waals surface area contributed by atoms with Crippen LogP contribution in [0.5, 0.6) is 11.5 Å². The van der Waals surface area contributed by atoms with Crippen molar-refractivity contribution < 1.29 is 38.5 Å². The third-order valence-corrected chi connectivity index (χ3v) is 6.86. The van der Waals surface area contributed by atoms with Crippen LogP contribution in [-0.2, 0) is 14.3 Å². The molecule has 0 radical (unpaired) electrons. The van der Waals surface area contributed by atoms with E-state index in [1.165, 1.54) is 12.1 Å². The molecule has 3 aromatic rings. The first-order valence-corrected chi connectivity index (χ1v) is 11.3. The predicted molar refractivity (Wildman–Crippen MR) is 124 cm³/mol. The van der Waals surface area contributed by atoms with Gasteiger partial charge >= 0.3 is 5.97 Å². The maximum absolute atomic E-state index is 13.7. The van der Waals surface area contributed by atoms with Gasteiger partial charge in [-0.1, -0.05) is 54.6 Å². The van der Waals surface area contributed by atoms with Crippen molar-refractivity contribution in [3.63, 3.8) is 0 Å². The van der Waals surface area contributed by atoms with Gasteiger partial charge in [-0.3, -0.25) is 19.2 Å². The number of benzene rings is 3. The highest BCUT2D eigenvalue weighted by molar-refractivity contribution is 6.34. The third-order valence-electron chi connectivity index (χ3n) is 6.86. The highest BCUT2D eigenvalue weighted by Crippen LogP contribution is 2.54. The molecule has 2 aliphatic heterocycles. The van der Waals surface area contributed by atoms with Crippen molar-refractivity contribution >= 4 is 29.1 Å². The molecule has 36 heavy (non-hydrogen) atoms. The molecule has 1 amide bonds. The lowest BCUT2D eigenvalue weighted by Crippen LogP contribution is -2.52. The second-order valence-electron chi connectivity index (χ2n) is 8.79. The molecule has 6 rings (SSSR count). The molecule has 3 aliphatic rings. The Balaban J connectivity index is 1.45. The van der Waals surface area contributed by atoms with E-state index in [1.807, 2.05) is 0 Å². The van der Waals surface area contributed by atoms with Crippen LogP contribution in [0.15, 0.2) is 72.8 Å². The molecule has 2 heterocycles. The molecule has 180 valence electrons. The van der Waals surface area contributed by atoms with E-state index in [-0.39, 0.29) is 17.9 Å². The minimum Gasteiger partial charge on any atom is -0.481 e. The summed E-state index contributed by atoms with van der Waals surface area (Å²) in [4.78, 5) is 53.6. The summed E-state index contributed by atoms with van der Waals surface area (Å²) in [5.41, 5.74) is -1.38. The number of fused-ring (bicyclic) bond motifs is 2. The maximum Gasteiger partial charge on any atom is 0.311 e. The van der Waals surface area contributed by atoms with E-state index in [0.29, 0.717) is 22.7 Å². The summed E-state index contributed by atoms with van der Waals surface area (Å²) in [7, 11) is 0. The number of ether oxygens (including phenoxy) is 3. The molecule has 1 saturated heterocycles. The van der Waals surface area contributed by atoms with Crippen molar-refractivity contribution in [1.82, 2.24) is 0 Å². The lowest BCUT2D eigenvalue weighted by molar-refractivity contribution is -0.147. The van der Waals surface area contributed by atoms with Gasteiger partial charge in [-0.05, 0) is 17.7 Å². The van der Waals surface area contributed by atoms with Gasteiger partial charge in [-0.15, -0.1) is 0 Å². The topological polar surface area (TPSA) is 128 Å². The van der Waals surface area contributed by atoms with Gasteiger partial charge in [-0.25, -0.2) is 0 Å². The highest BCUT2D eigenvalue weighted by atomic mass is 16.7. The van der Waals surface area contributed by atoms with Gasteiger partial charge in [0.1, 0.15) is 5.92 Å². The van der Waals surface area contributed by atoms with Crippen LogP contribution in [0.3, 0.4) is 0 Å². The number of carbonyl (C=O) groups excluding carboxylic acids is 3. The van der Waals surface area contributed by atoms with Gasteiger partial charge in [0.2, 0.25) is 29.9 Å². The zero-order chi connectivity index (χ0) is 25.0. The van der Waals surface area contributed by atoms with Crippen LogP contribution in [0.2, 0.25) is 0 Å². The Morgan fingerprint density at radius 2 is 1.50 bits per heavy atom. The number of rotatable bonds is 4. The number of aliphatic carboxylic acids is 1. The molecule has 0 saturated carbocycles. The summed E-state index contributed by atoms with van der Waals surface area (Å²) in [6, 6.07) is 19.4. The Kier molecular flexibility index (Phi) is 4.90. The summed E-state index contributed by atoms with van der Waals surface area (Å²) in [6.07, 6.45) is -1.16. The maximum atomic E-state index is 13.7. The van der Waals surface area contributed by atoms with Gasteiger partial charge in [0.25, 0.3) is 0 Å². The molecule has 3 aromatic carbocycles. The van der Waals surface area contributed by atoms with E-state index in [4.69, 9.17) is 14.2 Å². The Hall–Kier alpha value is -4.50. The first kappa shape index (κ1) is 22.0. The molecule has 1 aliphatic carbocycles. The average molecular weight is 485 g/mol. The van der Waals surface area contributed by atoms with Gasteiger partial charge < -0.3 is 24.6 Å². The Bertz CT molecular complexity index is 1400. The van der Waals surface area contributed by atoms with E-state index in [0.717, 1.165) is 0 Å². The molecule has 0 bridgehead atoms. The average Bonchev–Trinajstić information content (AvgIpc) is 3.56. The van der Waals surface area contributed by atoms with E-state index in [2.05, 4.69) is 5.32 Å². The minimum absolute atomic E-state index is 0.0493. The van der Waals surface area contributed by atoms with Crippen molar-refractivity contribution in [1.29, 1.82) is 0 Å². The van der Waals surface area contributed by atoms with Crippen molar-refractivity contribution in [2.24, 2.45) is 11.8 Å². The number of carboxylic acids is 1. The van der Waals surface area contributed by atoms with E-state index in [9.17, 15) is 24.3 Å². The lowest BCUT2D eigenvalue weighted by atomic mass is 9.75. The first-order chi connectivity index (χ1) is 17.4. The van der Waals surface area contributed by atoms with E-state index < -0.39 is 47.0 Å². The summed E-state index contributed by atoms with van der Waals surface area (Å²) in [5, 5.41) is 13.0. The van der Waals surface area contributed by atoms with Gasteiger partial charge in [0, 0.05) is 22.9 Å². The summed E-state index contributed by atoms with van der Waals surface area (Å²) < 4.78 is 16.8. The van der Waals surface area contributed by atoms with Crippen LogP contribution in [0.25, 0.3) is 0 Å². The van der Waals surface area contributed by atoms with Crippen LogP contribution >= 0.6 is 0 Å². The first-order valence-electron chi connectivity index (χ1n) is 11.3. The van der Waals surface area contributed by atoms with Crippen molar-refractivity contribution in [3.8, 4) is 11.5 Å². The number of hydrogen-bond acceptors (Lipinski definition) is 7. The monoisotopic (exact) mass is 485 g/mol. The van der Waals surface area contributed by atoms with Crippen LogP contribution in [0, 0.1) is 11.8 Å². The van der Waals surface area contributed by atoms with E-state index in [1.54, 1.807) is 60.7 Å². The fourth-order valence-electron chi connectivity index (χ4n) is 5.28. The van der Waals surface area contributed by atoms with Crippen LogP contribution in [0.1, 0.15) is 32.4 Å². The number of carboxylic acid groups (broad SMARTS) is 1. The molecule has 0 aromatic heterocycles. The van der Waals surface area contributed by atoms with Crippen molar-refractivity contribution in [3.05, 3.63) is 89.5 Å². The Morgan fingerprint density at radius 1 is 0.861 bits per heavy atom. The number of Topliss-reactive ketones (excluding diaryl/α,β-unsaturated/α-hetero) is 2. The predicted octanol–water partition coefficient (Wildman–Crippen LogP) is 3.26. The fourth-order valence-corrected chi connectivity index (χ4v) is 5.28. The number of ketones is 2. The second kappa shape index (κ2) is 8.03. The van der Waals surface area contributed by atoms with Crippen LogP contribution < -0.4 is 14.8 Å². The van der Waals surface area contributed by atoms with Gasteiger partial charge in [0.05, 0.1) is 12.0 Å². The SMILES string of the molecule is O=C(Nc1ccc2c(c1)OCO2)[C@H]1[C@@H](c2ccccc2)OC2(C(=O)c3ccccc3C2=O)[C@H]1C(=O)O. The molecule has 1 spiro atoms. The van der Waals surface area contributed by atoms with E-state index >= 15 is 0 Å². The zero-order valence-corrected chi connectivity index (χ0v) is 18.7. The standard InChI is InChI=1S/C27H19NO8/c29-23-16-8-4-5-9-17(16)24(30)27(23)21(26(32)33)20(22(36-27)14-6-2-1-3-7-14)25(31)28-15-10-11-18-19(12-15)35-13-34-18/h1-12,20-22H,13H2,(H,28,31)(H,32,33)/t20-,21-,22-/m1/s1. The summed E-state index contributed by atoms with van der Waals surface area (Å²) in [6.45, 7) is 0.0493. The minimum atomic E-state index is -2.35.